The monoisotopic (exact) mass is 717 g/mol. The van der Waals surface area contributed by atoms with Crippen molar-refractivity contribution in [3.63, 3.8) is 0 Å². The fourth-order valence-corrected chi connectivity index (χ4v) is 6.39. The van der Waals surface area contributed by atoms with E-state index in [-0.39, 0.29) is 26.8 Å². The van der Waals surface area contributed by atoms with E-state index in [1.807, 2.05) is 42.6 Å². The van der Waals surface area contributed by atoms with Crippen molar-refractivity contribution in [2.75, 3.05) is 4.90 Å². The Kier molecular flexibility index (Phi) is 6.95. The van der Waals surface area contributed by atoms with E-state index in [1.54, 1.807) is 17.8 Å². The summed E-state index contributed by atoms with van der Waals surface area (Å²) in [5.41, 5.74) is 8.84. The van der Waals surface area contributed by atoms with Gasteiger partial charge in [-0.2, -0.15) is 0 Å². The summed E-state index contributed by atoms with van der Waals surface area (Å²) in [6.07, 6.45) is 1.81. The van der Waals surface area contributed by atoms with Crippen LogP contribution in [0.4, 0.5) is 17.2 Å². The van der Waals surface area contributed by atoms with Crippen molar-refractivity contribution in [3.05, 3.63) is 120 Å². The zero-order valence-corrected chi connectivity index (χ0v) is 24.9. The molecule has 0 atom stereocenters. The van der Waals surface area contributed by atoms with Crippen molar-refractivity contribution in [2.24, 2.45) is 0 Å². The Hall–Kier alpha value is -3.92. The van der Waals surface area contributed by atoms with Gasteiger partial charge in [0.1, 0.15) is 17.1 Å². The SMILES string of the molecule is Cc1cccc(C)c1-c1ccc(O)c2nc(-c3[c-]c4c(cc3)Sc3ccccc3N4c3ccccn3)ccc12.[Pt]. The summed E-state index contributed by atoms with van der Waals surface area (Å²) >= 11 is 1.73. The largest absolute Gasteiger partial charge is 0.506 e. The summed E-state index contributed by atoms with van der Waals surface area (Å²) < 4.78 is 0. The molecule has 0 fully saturated rings. The first-order valence-electron chi connectivity index (χ1n) is 12.8. The van der Waals surface area contributed by atoms with Crippen LogP contribution in [0.1, 0.15) is 11.1 Å². The molecular formula is C34H24N3OPtS-. The van der Waals surface area contributed by atoms with E-state index in [0.717, 1.165) is 44.3 Å². The number of para-hydroxylation sites is 1. The maximum absolute atomic E-state index is 10.9. The molecule has 198 valence electrons. The molecule has 2 aromatic heterocycles. The van der Waals surface area contributed by atoms with Crippen molar-refractivity contribution in [3.8, 4) is 28.1 Å². The molecule has 4 nitrogen and oxygen atoms in total. The van der Waals surface area contributed by atoms with Crippen LogP contribution in [0.2, 0.25) is 0 Å². The van der Waals surface area contributed by atoms with Gasteiger partial charge < -0.3 is 10.0 Å². The third kappa shape index (κ3) is 4.40. The standard InChI is InChI=1S/C34H24N3OS.Pt/c1-21-8-7-9-22(2)33(21)24-15-17-29(38)34-25(24)14-16-26(36-34)23-13-18-31-28(20-23)37(32-12-5-6-19-35-32)27-10-3-4-11-30(27)39-31;/h3-19,38H,1-2H3;/q-1;. The Labute approximate surface area is 252 Å². The summed E-state index contributed by atoms with van der Waals surface area (Å²) in [6, 6.07) is 36.2. The summed E-state index contributed by atoms with van der Waals surface area (Å²) in [4.78, 5) is 14.0. The summed E-state index contributed by atoms with van der Waals surface area (Å²) in [7, 11) is 0. The second-order valence-corrected chi connectivity index (χ2v) is 10.8. The molecule has 0 saturated carbocycles. The van der Waals surface area contributed by atoms with Crippen molar-refractivity contribution < 1.29 is 26.2 Å². The Morgan fingerprint density at radius 1 is 0.775 bits per heavy atom. The van der Waals surface area contributed by atoms with Crippen LogP contribution in [0.3, 0.4) is 0 Å². The number of rotatable bonds is 3. The van der Waals surface area contributed by atoms with Gasteiger partial charge in [0.25, 0.3) is 0 Å². The molecule has 0 bridgehead atoms. The molecule has 4 aromatic carbocycles. The Morgan fingerprint density at radius 2 is 1.57 bits per heavy atom. The van der Waals surface area contributed by atoms with E-state index >= 15 is 0 Å². The fourth-order valence-electron chi connectivity index (χ4n) is 5.37. The Balaban J connectivity index is 0.00000289. The van der Waals surface area contributed by atoms with E-state index < -0.39 is 0 Å². The minimum Gasteiger partial charge on any atom is -0.506 e. The first kappa shape index (κ1) is 26.3. The van der Waals surface area contributed by atoms with E-state index in [1.165, 1.54) is 21.6 Å². The molecular weight excluding hydrogens is 694 g/mol. The topological polar surface area (TPSA) is 49.3 Å². The molecule has 1 aliphatic heterocycles. The molecule has 0 spiro atoms. The minimum absolute atomic E-state index is 0. The quantitative estimate of drug-likeness (QED) is 0.185. The second-order valence-electron chi connectivity index (χ2n) is 9.67. The van der Waals surface area contributed by atoms with Crippen molar-refractivity contribution in [1.82, 2.24) is 9.97 Å². The molecule has 40 heavy (non-hydrogen) atoms. The zero-order chi connectivity index (χ0) is 26.5. The Bertz CT molecular complexity index is 1870. The number of nitrogens with zero attached hydrogens (tertiary/aromatic N) is 3. The third-order valence-electron chi connectivity index (χ3n) is 7.18. The van der Waals surface area contributed by atoms with E-state index in [4.69, 9.17) is 4.98 Å². The molecule has 0 amide bonds. The van der Waals surface area contributed by atoms with Crippen molar-refractivity contribution in [2.45, 2.75) is 23.6 Å². The third-order valence-corrected chi connectivity index (χ3v) is 8.29. The molecule has 0 unspecified atom stereocenters. The fraction of sp³-hybridized carbons (Fsp3) is 0.0588. The average molecular weight is 718 g/mol. The van der Waals surface area contributed by atoms with Crippen LogP contribution in [0.25, 0.3) is 33.3 Å². The molecule has 6 aromatic rings. The zero-order valence-electron chi connectivity index (χ0n) is 21.8. The number of aryl methyl sites for hydroxylation is 2. The molecule has 1 N–H and O–H groups in total. The summed E-state index contributed by atoms with van der Waals surface area (Å²) in [5, 5.41) is 11.8. The van der Waals surface area contributed by atoms with Gasteiger partial charge >= 0.3 is 0 Å². The van der Waals surface area contributed by atoms with Crippen LogP contribution < -0.4 is 4.90 Å². The van der Waals surface area contributed by atoms with Crippen LogP contribution in [0, 0.1) is 19.9 Å². The van der Waals surface area contributed by atoms with E-state index in [2.05, 4.69) is 84.4 Å². The predicted octanol–water partition coefficient (Wildman–Crippen LogP) is 9.02. The molecule has 1 aliphatic rings. The van der Waals surface area contributed by atoms with Gasteiger partial charge in [0.15, 0.2) is 0 Å². The first-order chi connectivity index (χ1) is 19.1. The molecule has 7 rings (SSSR count). The minimum atomic E-state index is 0. The second kappa shape index (κ2) is 10.6. The van der Waals surface area contributed by atoms with Crippen LogP contribution in [0.15, 0.2) is 113 Å². The van der Waals surface area contributed by atoms with E-state index in [0.29, 0.717) is 5.52 Å². The number of pyridine rings is 2. The van der Waals surface area contributed by atoms with Crippen molar-refractivity contribution in [1.29, 1.82) is 0 Å². The maximum atomic E-state index is 10.9. The van der Waals surface area contributed by atoms with Gasteiger partial charge in [-0.1, -0.05) is 48.5 Å². The van der Waals surface area contributed by atoms with Gasteiger partial charge in [-0.3, -0.25) is 4.98 Å². The van der Waals surface area contributed by atoms with Crippen molar-refractivity contribution >= 4 is 39.9 Å². The maximum Gasteiger partial charge on any atom is 0.140 e. The molecule has 0 saturated heterocycles. The van der Waals surface area contributed by atoms with Crippen LogP contribution >= 0.6 is 11.8 Å². The van der Waals surface area contributed by atoms with Crippen LogP contribution in [-0.4, -0.2) is 15.1 Å². The number of benzene rings is 4. The smallest absolute Gasteiger partial charge is 0.140 e. The number of hydrogen-bond acceptors (Lipinski definition) is 5. The van der Waals surface area contributed by atoms with Gasteiger partial charge in [-0.15, -0.1) is 35.5 Å². The molecule has 0 aliphatic carbocycles. The van der Waals surface area contributed by atoms with Gasteiger partial charge in [0, 0.05) is 37.5 Å². The molecule has 3 heterocycles. The summed E-state index contributed by atoms with van der Waals surface area (Å²) in [5.74, 6) is 1.00. The number of aromatic nitrogens is 2. The normalized spacial score (nSPS) is 12.0. The number of phenolic OH excluding ortho intramolecular Hbond substituents is 1. The van der Waals surface area contributed by atoms with Gasteiger partial charge in [-0.25, -0.2) is 4.98 Å². The number of phenols is 1. The number of anilines is 3. The molecule has 0 radical (unpaired) electrons. The van der Waals surface area contributed by atoms with Gasteiger partial charge in [0.2, 0.25) is 0 Å². The summed E-state index contributed by atoms with van der Waals surface area (Å²) in [6.45, 7) is 4.24. The number of aromatic hydroxyl groups is 1. The van der Waals surface area contributed by atoms with Crippen LogP contribution in [0.5, 0.6) is 5.75 Å². The van der Waals surface area contributed by atoms with Crippen LogP contribution in [-0.2, 0) is 21.1 Å². The van der Waals surface area contributed by atoms with E-state index in [9.17, 15) is 5.11 Å². The predicted molar refractivity (Wildman–Crippen MR) is 159 cm³/mol. The number of fused-ring (bicyclic) bond motifs is 3. The van der Waals surface area contributed by atoms with Gasteiger partial charge in [-0.05, 0) is 88.8 Å². The average Bonchev–Trinajstić information content (AvgIpc) is 2.97. The number of hydrogen-bond donors (Lipinski definition) is 1. The first-order valence-corrected chi connectivity index (χ1v) is 13.6. The van der Waals surface area contributed by atoms with Gasteiger partial charge in [0.05, 0.1) is 5.69 Å². The Morgan fingerprint density at radius 3 is 2.38 bits per heavy atom. The molecule has 6 heteroatoms.